The summed E-state index contributed by atoms with van der Waals surface area (Å²) in [5, 5.41) is 14.5. The van der Waals surface area contributed by atoms with Crippen molar-refractivity contribution in [2.75, 3.05) is 6.54 Å². The fraction of sp³-hybridized carbons (Fsp3) is 0.158. The summed E-state index contributed by atoms with van der Waals surface area (Å²) in [5.74, 6) is -0.0321. The Balaban J connectivity index is 2.11. The van der Waals surface area contributed by atoms with Crippen LogP contribution in [-0.4, -0.2) is 27.2 Å². The minimum Gasteiger partial charge on any atom is -0.352 e. The molecule has 0 fully saturated rings. The summed E-state index contributed by atoms with van der Waals surface area (Å²) < 4.78 is 1.26. The van der Waals surface area contributed by atoms with Crippen LogP contribution in [0.15, 0.2) is 47.5 Å². The van der Waals surface area contributed by atoms with Crippen molar-refractivity contribution < 1.29 is 4.79 Å². The van der Waals surface area contributed by atoms with Crippen molar-refractivity contribution in [3.05, 3.63) is 69.8 Å². The van der Waals surface area contributed by atoms with Gasteiger partial charge in [-0.15, -0.1) is 0 Å². The summed E-state index contributed by atoms with van der Waals surface area (Å²) >= 11 is 0. The lowest BCUT2D eigenvalue weighted by atomic mass is 10.1. The van der Waals surface area contributed by atoms with Gasteiger partial charge in [-0.2, -0.15) is 5.26 Å². The van der Waals surface area contributed by atoms with Crippen molar-refractivity contribution in [3.8, 4) is 23.0 Å². The third-order valence-electron chi connectivity index (χ3n) is 4.01. The Kier molecular flexibility index (Phi) is 4.67. The molecule has 2 heterocycles. The standard InChI is InChI=1S/C19H17N5O2/c1-3-21-18(25)16-12(2)8-9-22-17(16)24-19(26)15(11-23-24)14-6-4-13(10-20)5-7-14/h4-9,11,23H,3H2,1-2H3,(H,21,25). The van der Waals surface area contributed by atoms with Gasteiger partial charge in [0.1, 0.15) is 0 Å². The highest BCUT2D eigenvalue weighted by Gasteiger charge is 2.19. The van der Waals surface area contributed by atoms with Gasteiger partial charge in [0.2, 0.25) is 0 Å². The number of aryl methyl sites for hydroxylation is 1. The second kappa shape index (κ2) is 7.07. The third kappa shape index (κ3) is 3.00. The second-order valence-electron chi connectivity index (χ2n) is 5.70. The molecule has 0 aliphatic heterocycles. The van der Waals surface area contributed by atoms with E-state index in [-0.39, 0.29) is 17.3 Å². The van der Waals surface area contributed by atoms with E-state index in [4.69, 9.17) is 5.26 Å². The summed E-state index contributed by atoms with van der Waals surface area (Å²) in [5.41, 5.74) is 2.38. The van der Waals surface area contributed by atoms with Gasteiger partial charge in [-0.25, -0.2) is 9.67 Å². The molecule has 2 N–H and O–H groups in total. The number of aromatic amines is 1. The summed E-state index contributed by atoms with van der Waals surface area (Å²) in [6.45, 7) is 4.10. The van der Waals surface area contributed by atoms with Crippen molar-refractivity contribution in [2.24, 2.45) is 0 Å². The van der Waals surface area contributed by atoms with E-state index >= 15 is 0 Å². The lowest BCUT2D eigenvalue weighted by molar-refractivity contribution is 0.0954. The van der Waals surface area contributed by atoms with E-state index in [1.807, 2.05) is 13.0 Å². The minimum atomic E-state index is -0.321. The average molecular weight is 347 g/mol. The molecular weight excluding hydrogens is 330 g/mol. The van der Waals surface area contributed by atoms with E-state index < -0.39 is 0 Å². The predicted octanol–water partition coefficient (Wildman–Crippen LogP) is 2.16. The number of nitriles is 1. The number of nitrogens with zero attached hydrogens (tertiary/aromatic N) is 3. The highest BCUT2D eigenvalue weighted by molar-refractivity contribution is 5.98. The molecular formula is C19H17N5O2. The maximum absolute atomic E-state index is 12.9. The Morgan fingerprint density at radius 1 is 1.31 bits per heavy atom. The number of pyridine rings is 1. The Labute approximate surface area is 149 Å². The molecule has 7 heteroatoms. The largest absolute Gasteiger partial charge is 0.352 e. The number of hydrogen-bond donors (Lipinski definition) is 2. The molecule has 7 nitrogen and oxygen atoms in total. The molecule has 26 heavy (non-hydrogen) atoms. The summed E-state index contributed by atoms with van der Waals surface area (Å²) in [4.78, 5) is 29.5. The first-order chi connectivity index (χ1) is 12.6. The van der Waals surface area contributed by atoms with Crippen LogP contribution in [0.2, 0.25) is 0 Å². The van der Waals surface area contributed by atoms with Crippen molar-refractivity contribution in [3.63, 3.8) is 0 Å². The Hall–Kier alpha value is -3.66. The van der Waals surface area contributed by atoms with Gasteiger partial charge in [-0.3, -0.25) is 14.7 Å². The normalized spacial score (nSPS) is 10.3. The highest BCUT2D eigenvalue weighted by atomic mass is 16.2. The number of rotatable bonds is 4. The Morgan fingerprint density at radius 2 is 2.04 bits per heavy atom. The van der Waals surface area contributed by atoms with Gasteiger partial charge in [0.25, 0.3) is 11.5 Å². The number of hydrogen-bond acceptors (Lipinski definition) is 4. The number of amides is 1. The molecule has 0 atom stereocenters. The van der Waals surface area contributed by atoms with Gasteiger partial charge in [-0.05, 0) is 43.2 Å². The lowest BCUT2D eigenvalue weighted by Crippen LogP contribution is -2.28. The lowest BCUT2D eigenvalue weighted by Gasteiger charge is -2.11. The van der Waals surface area contributed by atoms with Crippen LogP contribution in [-0.2, 0) is 0 Å². The summed E-state index contributed by atoms with van der Waals surface area (Å²) in [6, 6.07) is 10.5. The van der Waals surface area contributed by atoms with Crippen LogP contribution in [0.25, 0.3) is 16.9 Å². The molecule has 130 valence electrons. The van der Waals surface area contributed by atoms with E-state index in [0.717, 1.165) is 5.56 Å². The molecule has 0 aliphatic rings. The number of carbonyl (C=O) groups excluding carboxylic acids is 1. The monoisotopic (exact) mass is 347 g/mol. The number of benzene rings is 1. The third-order valence-corrected chi connectivity index (χ3v) is 4.01. The van der Waals surface area contributed by atoms with Gasteiger partial charge >= 0.3 is 0 Å². The maximum Gasteiger partial charge on any atom is 0.280 e. The van der Waals surface area contributed by atoms with E-state index in [2.05, 4.69) is 15.4 Å². The Bertz CT molecular complexity index is 1050. The van der Waals surface area contributed by atoms with Crippen LogP contribution in [0, 0.1) is 18.3 Å². The van der Waals surface area contributed by atoms with Gasteiger partial charge in [0.15, 0.2) is 5.82 Å². The predicted molar refractivity (Wildman–Crippen MR) is 97.1 cm³/mol. The van der Waals surface area contributed by atoms with Crippen LogP contribution in [0.3, 0.4) is 0 Å². The van der Waals surface area contributed by atoms with Crippen LogP contribution in [0.5, 0.6) is 0 Å². The first-order valence-corrected chi connectivity index (χ1v) is 8.12. The fourth-order valence-corrected chi connectivity index (χ4v) is 2.70. The van der Waals surface area contributed by atoms with Crippen LogP contribution >= 0.6 is 0 Å². The molecule has 0 bridgehead atoms. The summed E-state index contributed by atoms with van der Waals surface area (Å²) in [6.07, 6.45) is 3.12. The van der Waals surface area contributed by atoms with Gasteiger partial charge in [0, 0.05) is 18.9 Å². The van der Waals surface area contributed by atoms with Crippen molar-refractivity contribution >= 4 is 5.91 Å². The number of aromatic nitrogens is 3. The molecule has 0 radical (unpaired) electrons. The molecule has 0 saturated carbocycles. The van der Waals surface area contributed by atoms with Gasteiger partial charge < -0.3 is 5.32 Å². The topological polar surface area (TPSA) is 104 Å². The smallest absolute Gasteiger partial charge is 0.280 e. The number of H-pyrrole nitrogens is 1. The van der Waals surface area contributed by atoms with Crippen molar-refractivity contribution in [1.29, 1.82) is 5.26 Å². The molecule has 2 aromatic heterocycles. The van der Waals surface area contributed by atoms with Gasteiger partial charge in [-0.1, -0.05) is 12.1 Å². The van der Waals surface area contributed by atoms with Crippen LogP contribution in [0.1, 0.15) is 28.4 Å². The Morgan fingerprint density at radius 3 is 2.69 bits per heavy atom. The zero-order valence-electron chi connectivity index (χ0n) is 14.4. The minimum absolute atomic E-state index is 0.251. The highest BCUT2D eigenvalue weighted by Crippen LogP contribution is 2.18. The number of nitrogens with one attached hydrogen (secondary N) is 2. The van der Waals surface area contributed by atoms with E-state index in [1.165, 1.54) is 4.68 Å². The molecule has 1 aromatic carbocycles. The average Bonchev–Trinajstić information content (AvgIpc) is 3.03. The molecule has 0 aliphatic carbocycles. The van der Waals surface area contributed by atoms with E-state index in [9.17, 15) is 9.59 Å². The van der Waals surface area contributed by atoms with Gasteiger partial charge in [0.05, 0.1) is 22.8 Å². The molecule has 0 unspecified atom stereocenters. The van der Waals surface area contributed by atoms with E-state index in [0.29, 0.717) is 28.8 Å². The van der Waals surface area contributed by atoms with E-state index in [1.54, 1.807) is 49.6 Å². The van der Waals surface area contributed by atoms with Crippen LogP contribution < -0.4 is 10.9 Å². The first kappa shape index (κ1) is 17.2. The zero-order valence-corrected chi connectivity index (χ0v) is 14.4. The van der Waals surface area contributed by atoms with Crippen molar-refractivity contribution in [1.82, 2.24) is 20.1 Å². The maximum atomic E-state index is 12.9. The molecule has 0 saturated heterocycles. The molecule has 3 rings (SSSR count). The SMILES string of the molecule is CCNC(=O)c1c(C)ccnc1-n1[nH]cc(-c2ccc(C#N)cc2)c1=O. The second-order valence-corrected chi connectivity index (χ2v) is 5.70. The quantitative estimate of drug-likeness (QED) is 0.754. The molecule has 0 spiro atoms. The number of carbonyl (C=O) groups is 1. The fourth-order valence-electron chi connectivity index (χ4n) is 2.70. The first-order valence-electron chi connectivity index (χ1n) is 8.12. The molecule has 1 amide bonds. The zero-order chi connectivity index (χ0) is 18.7. The van der Waals surface area contributed by atoms with Crippen LogP contribution in [0.4, 0.5) is 0 Å². The molecule has 3 aromatic rings. The van der Waals surface area contributed by atoms with Crippen molar-refractivity contribution in [2.45, 2.75) is 13.8 Å². The summed E-state index contributed by atoms with van der Waals surface area (Å²) in [7, 11) is 0.